The predicted octanol–water partition coefficient (Wildman–Crippen LogP) is -0.574. The summed E-state index contributed by atoms with van der Waals surface area (Å²) in [6.45, 7) is 1.58. The van der Waals surface area contributed by atoms with Crippen LogP contribution in [0.25, 0.3) is 0 Å². The molecule has 0 saturated carbocycles. The Balaban J connectivity index is 2.56. The van der Waals surface area contributed by atoms with Crippen molar-refractivity contribution in [2.24, 2.45) is 5.14 Å². The summed E-state index contributed by atoms with van der Waals surface area (Å²) in [6.07, 6.45) is 1.45. The largest absolute Gasteiger partial charge is 0.355 e. The van der Waals surface area contributed by atoms with Gasteiger partial charge in [0.2, 0.25) is 15.9 Å². The van der Waals surface area contributed by atoms with E-state index in [1.54, 1.807) is 12.1 Å². The summed E-state index contributed by atoms with van der Waals surface area (Å²) in [4.78, 5) is 11.6. The Hall–Kier alpha value is -1.45. The molecule has 1 rings (SSSR count). The van der Waals surface area contributed by atoms with Gasteiger partial charge in [-0.15, -0.1) is 0 Å². The minimum Gasteiger partial charge on any atom is -0.355 e. The van der Waals surface area contributed by atoms with Gasteiger partial charge in [-0.25, -0.2) is 22.0 Å². The van der Waals surface area contributed by atoms with Crippen LogP contribution in [0.5, 0.6) is 0 Å². The summed E-state index contributed by atoms with van der Waals surface area (Å²) in [5.74, 6) is -0.557. The number of rotatable bonds is 6. The van der Waals surface area contributed by atoms with Gasteiger partial charge in [-0.2, -0.15) is 0 Å². The molecule has 0 radical (unpaired) electrons. The van der Waals surface area contributed by atoms with E-state index in [0.717, 1.165) is 11.8 Å². The molecule has 1 amide bonds. The van der Waals surface area contributed by atoms with Gasteiger partial charge >= 0.3 is 0 Å². The number of hydrogen-bond acceptors (Lipinski definition) is 5. The second kappa shape index (κ2) is 6.54. The van der Waals surface area contributed by atoms with Gasteiger partial charge in [-0.05, 0) is 31.0 Å². The average Bonchev–Trinajstić information content (AvgIpc) is 2.36. The van der Waals surface area contributed by atoms with Gasteiger partial charge in [-0.1, -0.05) is 12.1 Å². The number of carbonyl (C=O) groups excluding carboxylic acids is 1. The number of hydrogen-bond donors (Lipinski definition) is 2. The number of amides is 1. The maximum atomic E-state index is 11.6. The van der Waals surface area contributed by atoms with Crippen molar-refractivity contribution in [2.45, 2.75) is 23.5 Å². The van der Waals surface area contributed by atoms with Crippen LogP contribution in [0.3, 0.4) is 0 Å². The van der Waals surface area contributed by atoms with Gasteiger partial charge in [0.05, 0.1) is 4.90 Å². The summed E-state index contributed by atoms with van der Waals surface area (Å²) >= 11 is 0. The standard InChI is InChI=1S/C12H18N2O5S2/c1-9(20(2,16)17)12(15)14-8-7-10-3-5-11(6-4-10)21(13,18)19/h3-6,9H,7-8H2,1-2H3,(H,14,15)(H2,13,18,19). The molecule has 1 aromatic carbocycles. The van der Waals surface area contributed by atoms with Crippen molar-refractivity contribution in [3.63, 3.8) is 0 Å². The van der Waals surface area contributed by atoms with Gasteiger partial charge in [0.15, 0.2) is 9.84 Å². The molecule has 9 heteroatoms. The van der Waals surface area contributed by atoms with E-state index in [2.05, 4.69) is 5.32 Å². The van der Waals surface area contributed by atoms with E-state index in [9.17, 15) is 21.6 Å². The molecule has 0 aliphatic rings. The van der Waals surface area contributed by atoms with E-state index in [1.165, 1.54) is 19.1 Å². The highest BCUT2D eigenvalue weighted by atomic mass is 32.2. The summed E-state index contributed by atoms with van der Waals surface area (Å²) in [5.41, 5.74) is 0.801. The molecule has 0 aliphatic heterocycles. The predicted molar refractivity (Wildman–Crippen MR) is 78.8 cm³/mol. The lowest BCUT2D eigenvalue weighted by molar-refractivity contribution is -0.120. The van der Waals surface area contributed by atoms with Crippen LogP contribution in [0.2, 0.25) is 0 Å². The Morgan fingerprint density at radius 3 is 2.14 bits per heavy atom. The summed E-state index contributed by atoms with van der Waals surface area (Å²) in [7, 11) is -7.13. The topological polar surface area (TPSA) is 123 Å². The molecule has 0 aromatic heterocycles. The third-order valence-corrected chi connectivity index (χ3v) is 5.40. The molecule has 0 bridgehead atoms. The van der Waals surface area contributed by atoms with Crippen molar-refractivity contribution in [3.8, 4) is 0 Å². The molecule has 118 valence electrons. The Morgan fingerprint density at radius 2 is 1.71 bits per heavy atom. The van der Waals surface area contributed by atoms with Crippen LogP contribution in [0.4, 0.5) is 0 Å². The number of sulfone groups is 1. The first-order valence-electron chi connectivity index (χ1n) is 6.10. The van der Waals surface area contributed by atoms with Crippen LogP contribution in [-0.4, -0.2) is 40.8 Å². The molecule has 0 saturated heterocycles. The molecule has 0 aliphatic carbocycles. The fourth-order valence-corrected chi connectivity index (χ4v) is 2.50. The quantitative estimate of drug-likeness (QED) is 0.721. The number of primary sulfonamides is 1. The van der Waals surface area contributed by atoms with Crippen LogP contribution >= 0.6 is 0 Å². The van der Waals surface area contributed by atoms with E-state index < -0.39 is 31.0 Å². The van der Waals surface area contributed by atoms with E-state index in [1.807, 2.05) is 0 Å². The highest BCUT2D eigenvalue weighted by Gasteiger charge is 2.22. The summed E-state index contributed by atoms with van der Waals surface area (Å²) in [5, 5.41) is 6.41. The number of benzene rings is 1. The van der Waals surface area contributed by atoms with Crippen molar-refractivity contribution < 1.29 is 21.6 Å². The second-order valence-corrected chi connectivity index (χ2v) is 8.63. The van der Waals surface area contributed by atoms with Gasteiger partial charge in [0, 0.05) is 12.8 Å². The molecular formula is C12H18N2O5S2. The highest BCUT2D eigenvalue weighted by molar-refractivity contribution is 7.92. The number of nitrogens with one attached hydrogen (secondary N) is 1. The highest BCUT2D eigenvalue weighted by Crippen LogP contribution is 2.09. The van der Waals surface area contributed by atoms with Gasteiger partial charge in [-0.3, -0.25) is 4.79 Å². The van der Waals surface area contributed by atoms with Crippen LogP contribution in [0, 0.1) is 0 Å². The minimum atomic E-state index is -3.72. The first-order valence-corrected chi connectivity index (χ1v) is 9.60. The molecule has 1 aromatic rings. The van der Waals surface area contributed by atoms with E-state index in [4.69, 9.17) is 5.14 Å². The third kappa shape index (κ3) is 5.44. The van der Waals surface area contributed by atoms with Crippen molar-refractivity contribution in [3.05, 3.63) is 29.8 Å². The van der Waals surface area contributed by atoms with Crippen molar-refractivity contribution in [2.75, 3.05) is 12.8 Å². The monoisotopic (exact) mass is 334 g/mol. The van der Waals surface area contributed by atoms with Crippen molar-refractivity contribution >= 4 is 25.8 Å². The number of sulfonamides is 1. The lowest BCUT2D eigenvalue weighted by Crippen LogP contribution is -2.38. The Labute approximate surface area is 124 Å². The van der Waals surface area contributed by atoms with Crippen molar-refractivity contribution in [1.29, 1.82) is 0 Å². The zero-order chi connectivity index (χ0) is 16.3. The Morgan fingerprint density at radius 1 is 1.19 bits per heavy atom. The first-order chi connectivity index (χ1) is 9.51. The fraction of sp³-hybridized carbons (Fsp3) is 0.417. The van der Waals surface area contributed by atoms with E-state index in [0.29, 0.717) is 6.42 Å². The number of nitrogens with two attached hydrogens (primary N) is 1. The normalized spacial score (nSPS) is 13.7. The lowest BCUT2D eigenvalue weighted by atomic mass is 10.1. The van der Waals surface area contributed by atoms with Crippen LogP contribution < -0.4 is 10.5 Å². The molecule has 1 atom stereocenters. The average molecular weight is 334 g/mol. The molecule has 1 unspecified atom stereocenters. The van der Waals surface area contributed by atoms with E-state index in [-0.39, 0.29) is 11.4 Å². The lowest BCUT2D eigenvalue weighted by Gasteiger charge is -2.10. The molecule has 0 heterocycles. The fourth-order valence-electron chi connectivity index (χ4n) is 1.51. The van der Waals surface area contributed by atoms with Gasteiger partial charge in [0.25, 0.3) is 0 Å². The Bertz CT molecular complexity index is 709. The van der Waals surface area contributed by atoms with Gasteiger partial charge < -0.3 is 5.32 Å². The minimum absolute atomic E-state index is 0.0148. The maximum Gasteiger partial charge on any atom is 0.238 e. The zero-order valence-corrected chi connectivity index (χ0v) is 13.4. The molecule has 0 spiro atoms. The summed E-state index contributed by atoms with van der Waals surface area (Å²) in [6, 6.07) is 5.94. The molecule has 0 fully saturated rings. The zero-order valence-electron chi connectivity index (χ0n) is 11.7. The second-order valence-electron chi connectivity index (χ2n) is 4.70. The molecule has 7 nitrogen and oxygen atoms in total. The molecular weight excluding hydrogens is 316 g/mol. The summed E-state index contributed by atoms with van der Waals surface area (Å²) < 4.78 is 44.6. The maximum absolute atomic E-state index is 11.6. The number of carbonyl (C=O) groups is 1. The molecule has 21 heavy (non-hydrogen) atoms. The Kier molecular flexibility index (Phi) is 5.48. The van der Waals surface area contributed by atoms with Crippen LogP contribution in [-0.2, 0) is 31.1 Å². The first kappa shape index (κ1) is 17.6. The van der Waals surface area contributed by atoms with Gasteiger partial charge in [0.1, 0.15) is 5.25 Å². The van der Waals surface area contributed by atoms with Crippen LogP contribution in [0.1, 0.15) is 12.5 Å². The molecule has 3 N–H and O–H groups in total. The smallest absolute Gasteiger partial charge is 0.238 e. The van der Waals surface area contributed by atoms with Crippen LogP contribution in [0.15, 0.2) is 29.2 Å². The van der Waals surface area contributed by atoms with E-state index >= 15 is 0 Å². The third-order valence-electron chi connectivity index (χ3n) is 2.98. The van der Waals surface area contributed by atoms with Crippen molar-refractivity contribution in [1.82, 2.24) is 5.32 Å². The SMILES string of the molecule is CC(C(=O)NCCc1ccc(S(N)(=O)=O)cc1)S(C)(=O)=O.